The van der Waals surface area contributed by atoms with Gasteiger partial charge in [0.15, 0.2) is 0 Å². The van der Waals surface area contributed by atoms with Crippen molar-refractivity contribution in [2.75, 3.05) is 20.3 Å². The second-order valence-corrected chi connectivity index (χ2v) is 7.41. The summed E-state index contributed by atoms with van der Waals surface area (Å²) < 4.78 is 17.0. The predicted molar refractivity (Wildman–Crippen MR) is 118 cm³/mol. The van der Waals surface area contributed by atoms with E-state index in [2.05, 4.69) is 5.32 Å². The molecule has 1 amide bonds. The minimum atomic E-state index is -0.422. The summed E-state index contributed by atoms with van der Waals surface area (Å²) in [6, 6.07) is 10.6. The Bertz CT molecular complexity index is 1330. The number of hydrogen-bond donors (Lipinski definition) is 2. The molecule has 0 saturated carbocycles. The zero-order valence-corrected chi connectivity index (χ0v) is 17.6. The Labute approximate surface area is 178 Å². The average Bonchev–Trinajstić information content (AvgIpc) is 3.11. The van der Waals surface area contributed by atoms with Crippen LogP contribution in [-0.2, 0) is 11.2 Å². The smallest absolute Gasteiger partial charge is 0.336 e. The van der Waals surface area contributed by atoms with Gasteiger partial charge in [0.25, 0.3) is 0 Å². The van der Waals surface area contributed by atoms with E-state index in [0.717, 1.165) is 27.6 Å². The molecular weight excluding hydrogens is 398 g/mol. The maximum atomic E-state index is 12.5. The molecule has 0 spiro atoms. The standard InChI is InChI=1S/C24H23NO6/c1-13-10-18-22(14(2)11-20(28)30-18)24-21(13)17(12-19(27)25-8-9-26)23(31-24)15-4-6-16(29-3)7-5-15/h4-7,10-11,26H,8-9,12H2,1-3H3,(H,25,27). The van der Waals surface area contributed by atoms with Gasteiger partial charge in [0.05, 0.1) is 25.5 Å². The fourth-order valence-corrected chi connectivity index (χ4v) is 3.91. The van der Waals surface area contributed by atoms with Gasteiger partial charge in [-0.15, -0.1) is 0 Å². The quantitative estimate of drug-likeness (QED) is 0.462. The molecule has 2 aromatic carbocycles. The molecule has 0 bridgehead atoms. The third kappa shape index (κ3) is 3.80. The number of hydrogen-bond acceptors (Lipinski definition) is 6. The zero-order chi connectivity index (χ0) is 22.1. The first-order valence-electron chi connectivity index (χ1n) is 9.94. The first-order chi connectivity index (χ1) is 14.9. The largest absolute Gasteiger partial charge is 0.497 e. The molecule has 7 nitrogen and oxygen atoms in total. The van der Waals surface area contributed by atoms with Gasteiger partial charge in [-0.05, 0) is 55.3 Å². The number of aryl methyl sites for hydroxylation is 2. The summed E-state index contributed by atoms with van der Waals surface area (Å²) in [5.74, 6) is 1.06. The number of aliphatic hydroxyl groups excluding tert-OH is 1. The summed E-state index contributed by atoms with van der Waals surface area (Å²) >= 11 is 0. The molecule has 7 heteroatoms. The van der Waals surface area contributed by atoms with Crippen molar-refractivity contribution in [2.24, 2.45) is 0 Å². The lowest BCUT2D eigenvalue weighted by molar-refractivity contribution is -0.120. The van der Waals surface area contributed by atoms with E-state index < -0.39 is 5.63 Å². The lowest BCUT2D eigenvalue weighted by atomic mass is 9.97. The van der Waals surface area contributed by atoms with Gasteiger partial charge in [0, 0.05) is 29.1 Å². The molecule has 2 N–H and O–H groups in total. The van der Waals surface area contributed by atoms with Crippen molar-refractivity contribution >= 4 is 27.8 Å². The number of ether oxygens (including phenoxy) is 1. The number of furan rings is 1. The van der Waals surface area contributed by atoms with Gasteiger partial charge in [-0.25, -0.2) is 4.79 Å². The van der Waals surface area contributed by atoms with E-state index >= 15 is 0 Å². The zero-order valence-electron chi connectivity index (χ0n) is 17.6. The molecule has 0 aliphatic rings. The van der Waals surface area contributed by atoms with Gasteiger partial charge in [-0.3, -0.25) is 4.79 Å². The molecular formula is C24H23NO6. The van der Waals surface area contributed by atoms with Crippen LogP contribution < -0.4 is 15.7 Å². The summed E-state index contributed by atoms with van der Waals surface area (Å²) in [4.78, 5) is 24.4. The summed E-state index contributed by atoms with van der Waals surface area (Å²) in [6.45, 7) is 3.77. The highest BCUT2D eigenvalue weighted by Crippen LogP contribution is 2.40. The fourth-order valence-electron chi connectivity index (χ4n) is 3.91. The van der Waals surface area contributed by atoms with E-state index in [1.54, 1.807) is 13.2 Å². The van der Waals surface area contributed by atoms with E-state index in [-0.39, 0.29) is 25.5 Å². The SMILES string of the molecule is COc1ccc(-c2oc3c(c(C)cc4oc(=O)cc(C)c43)c2CC(=O)NCCO)cc1. The van der Waals surface area contributed by atoms with Gasteiger partial charge in [0.2, 0.25) is 5.91 Å². The third-order valence-corrected chi connectivity index (χ3v) is 5.29. The second-order valence-electron chi connectivity index (χ2n) is 7.41. The molecule has 31 heavy (non-hydrogen) atoms. The highest BCUT2D eigenvalue weighted by atomic mass is 16.5. The van der Waals surface area contributed by atoms with Gasteiger partial charge in [0.1, 0.15) is 22.7 Å². The van der Waals surface area contributed by atoms with E-state index in [1.807, 2.05) is 38.1 Å². The molecule has 0 aliphatic heterocycles. The molecule has 0 saturated heterocycles. The maximum Gasteiger partial charge on any atom is 0.336 e. The van der Waals surface area contributed by atoms with Crippen LogP contribution in [0.2, 0.25) is 0 Å². The Morgan fingerprint density at radius 1 is 1.06 bits per heavy atom. The monoisotopic (exact) mass is 421 g/mol. The molecule has 2 heterocycles. The van der Waals surface area contributed by atoms with Crippen LogP contribution in [0.15, 0.2) is 50.0 Å². The van der Waals surface area contributed by atoms with E-state index in [4.69, 9.17) is 18.7 Å². The van der Waals surface area contributed by atoms with Crippen LogP contribution in [0.1, 0.15) is 16.7 Å². The molecule has 0 radical (unpaired) electrons. The summed E-state index contributed by atoms with van der Waals surface area (Å²) in [5.41, 5.74) is 3.71. The summed E-state index contributed by atoms with van der Waals surface area (Å²) in [6.07, 6.45) is 0.0799. The van der Waals surface area contributed by atoms with Gasteiger partial charge in [-0.1, -0.05) is 0 Å². The lowest BCUT2D eigenvalue weighted by Gasteiger charge is -2.07. The van der Waals surface area contributed by atoms with Crippen molar-refractivity contribution < 1.29 is 23.5 Å². The van der Waals surface area contributed by atoms with Gasteiger partial charge < -0.3 is 24.0 Å². The number of carbonyl (C=O) groups is 1. The summed E-state index contributed by atoms with van der Waals surface area (Å²) in [5, 5.41) is 13.2. The number of benzene rings is 2. The minimum Gasteiger partial charge on any atom is -0.497 e. The van der Waals surface area contributed by atoms with E-state index in [9.17, 15) is 9.59 Å². The van der Waals surface area contributed by atoms with Crippen LogP contribution in [0.25, 0.3) is 33.3 Å². The normalized spacial score (nSPS) is 11.2. The number of fused-ring (bicyclic) bond motifs is 3. The van der Waals surface area contributed by atoms with Crippen molar-refractivity contribution in [3.63, 3.8) is 0 Å². The Morgan fingerprint density at radius 2 is 1.77 bits per heavy atom. The molecule has 160 valence electrons. The van der Waals surface area contributed by atoms with Crippen LogP contribution in [-0.4, -0.2) is 31.3 Å². The molecule has 0 fully saturated rings. The Morgan fingerprint density at radius 3 is 2.45 bits per heavy atom. The molecule has 0 atom stereocenters. The Balaban J connectivity index is 2.00. The molecule has 0 aliphatic carbocycles. The molecule has 0 unspecified atom stereocenters. The first kappa shape index (κ1) is 20.7. The minimum absolute atomic E-state index is 0.0799. The fraction of sp³-hybridized carbons (Fsp3) is 0.250. The van der Waals surface area contributed by atoms with Crippen molar-refractivity contribution in [3.8, 4) is 17.1 Å². The number of methoxy groups -OCH3 is 1. The highest BCUT2D eigenvalue weighted by Gasteiger charge is 2.23. The van der Waals surface area contributed by atoms with E-state index in [0.29, 0.717) is 28.1 Å². The number of rotatable bonds is 6. The molecule has 4 rings (SSSR count). The number of aliphatic hydroxyl groups is 1. The van der Waals surface area contributed by atoms with Crippen LogP contribution in [0.4, 0.5) is 0 Å². The highest BCUT2D eigenvalue weighted by molar-refractivity contribution is 6.09. The maximum absolute atomic E-state index is 12.5. The first-order valence-corrected chi connectivity index (χ1v) is 9.94. The Hall–Kier alpha value is -3.58. The summed E-state index contributed by atoms with van der Waals surface area (Å²) in [7, 11) is 1.60. The van der Waals surface area contributed by atoms with Crippen LogP contribution in [0.5, 0.6) is 5.75 Å². The van der Waals surface area contributed by atoms with Gasteiger partial charge >= 0.3 is 5.63 Å². The van der Waals surface area contributed by atoms with Crippen LogP contribution in [0.3, 0.4) is 0 Å². The average molecular weight is 421 g/mol. The van der Waals surface area contributed by atoms with Crippen LogP contribution >= 0.6 is 0 Å². The number of nitrogens with one attached hydrogen (secondary N) is 1. The van der Waals surface area contributed by atoms with E-state index in [1.165, 1.54) is 6.07 Å². The van der Waals surface area contributed by atoms with Crippen molar-refractivity contribution in [3.05, 3.63) is 63.5 Å². The number of amides is 1. The van der Waals surface area contributed by atoms with Gasteiger partial charge in [-0.2, -0.15) is 0 Å². The van der Waals surface area contributed by atoms with Crippen molar-refractivity contribution in [2.45, 2.75) is 20.3 Å². The third-order valence-electron chi connectivity index (χ3n) is 5.29. The van der Waals surface area contributed by atoms with Crippen LogP contribution in [0, 0.1) is 13.8 Å². The molecule has 4 aromatic rings. The predicted octanol–water partition coefficient (Wildman–Crippen LogP) is 3.48. The molecule has 2 aromatic heterocycles. The second kappa shape index (κ2) is 8.28. The lowest BCUT2D eigenvalue weighted by Crippen LogP contribution is -2.27. The Kier molecular flexibility index (Phi) is 5.52. The number of carbonyl (C=O) groups excluding carboxylic acids is 1. The van der Waals surface area contributed by atoms with Crippen molar-refractivity contribution in [1.29, 1.82) is 0 Å². The van der Waals surface area contributed by atoms with Crippen molar-refractivity contribution in [1.82, 2.24) is 5.32 Å². The topological polar surface area (TPSA) is 102 Å².